The van der Waals surface area contributed by atoms with Gasteiger partial charge in [-0.05, 0) is 18.2 Å². The molecule has 0 spiro atoms. The molecule has 0 aliphatic carbocycles. The van der Waals surface area contributed by atoms with E-state index in [4.69, 9.17) is 4.74 Å². The zero-order chi connectivity index (χ0) is 18.9. The lowest BCUT2D eigenvalue weighted by atomic mass is 10.3. The highest BCUT2D eigenvalue weighted by atomic mass is 16.5. The predicted molar refractivity (Wildman–Crippen MR) is 103 cm³/mol. The average Bonchev–Trinajstić information content (AvgIpc) is 3.19. The third-order valence-corrected chi connectivity index (χ3v) is 5.01. The van der Waals surface area contributed by atoms with E-state index in [0.717, 1.165) is 38.4 Å². The molecule has 0 amide bonds. The van der Waals surface area contributed by atoms with Crippen molar-refractivity contribution in [2.45, 2.75) is 6.54 Å². The zero-order valence-electron chi connectivity index (χ0n) is 15.2. The summed E-state index contributed by atoms with van der Waals surface area (Å²) >= 11 is 0. The number of fused-ring (bicyclic) bond motifs is 3. The van der Waals surface area contributed by atoms with Crippen LogP contribution in [0.1, 0.15) is 0 Å². The average molecular weight is 377 g/mol. The summed E-state index contributed by atoms with van der Waals surface area (Å²) in [4.78, 5) is 28.1. The Labute approximate surface area is 160 Å². The van der Waals surface area contributed by atoms with Crippen LogP contribution in [-0.2, 0) is 11.3 Å². The molecule has 0 bridgehead atoms. The quantitative estimate of drug-likeness (QED) is 0.520. The van der Waals surface area contributed by atoms with Crippen molar-refractivity contribution in [1.29, 1.82) is 0 Å². The van der Waals surface area contributed by atoms with Crippen molar-refractivity contribution in [2.24, 2.45) is 0 Å². The molecule has 0 N–H and O–H groups in total. The third-order valence-electron chi connectivity index (χ3n) is 5.01. The monoisotopic (exact) mass is 377 g/mol. The van der Waals surface area contributed by atoms with Gasteiger partial charge in [-0.15, -0.1) is 5.10 Å². The smallest absolute Gasteiger partial charge is 0.261 e. The molecule has 4 aromatic rings. The number of morpholine rings is 1. The lowest BCUT2D eigenvalue weighted by molar-refractivity contribution is 0.0363. The summed E-state index contributed by atoms with van der Waals surface area (Å²) in [7, 11) is 0. The van der Waals surface area contributed by atoms with Crippen LogP contribution in [0.2, 0.25) is 0 Å². The molecule has 0 saturated carbocycles. The Kier molecular flexibility index (Phi) is 4.30. The van der Waals surface area contributed by atoms with Gasteiger partial charge >= 0.3 is 0 Å². The fraction of sp³-hybridized carbons (Fsp3) is 0.316. The molecule has 4 aromatic heterocycles. The zero-order valence-corrected chi connectivity index (χ0v) is 15.2. The van der Waals surface area contributed by atoms with E-state index in [-0.39, 0.29) is 5.56 Å². The number of aromatic nitrogens is 6. The van der Waals surface area contributed by atoms with Gasteiger partial charge in [-0.25, -0.2) is 4.98 Å². The second kappa shape index (κ2) is 7.10. The second-order valence-electron chi connectivity index (χ2n) is 6.71. The summed E-state index contributed by atoms with van der Waals surface area (Å²) in [6.07, 6.45) is 6.79. The van der Waals surface area contributed by atoms with Crippen LogP contribution in [0.3, 0.4) is 0 Å². The van der Waals surface area contributed by atoms with Gasteiger partial charge in [0.2, 0.25) is 0 Å². The molecule has 5 heterocycles. The van der Waals surface area contributed by atoms with Gasteiger partial charge in [0, 0.05) is 56.5 Å². The molecule has 0 radical (unpaired) electrons. The molecule has 0 atom stereocenters. The fourth-order valence-electron chi connectivity index (χ4n) is 3.43. The van der Waals surface area contributed by atoms with E-state index in [1.165, 1.54) is 0 Å². The highest BCUT2D eigenvalue weighted by Gasteiger charge is 2.14. The Bertz CT molecular complexity index is 1180. The predicted octanol–water partition coefficient (Wildman–Crippen LogP) is 0.833. The summed E-state index contributed by atoms with van der Waals surface area (Å²) in [5.74, 6) is 1.02. The lowest BCUT2D eigenvalue weighted by Gasteiger charge is -2.26. The van der Waals surface area contributed by atoms with Crippen LogP contribution >= 0.6 is 0 Å². The van der Waals surface area contributed by atoms with Gasteiger partial charge in [0.15, 0.2) is 5.82 Å². The number of rotatable bonds is 4. The minimum Gasteiger partial charge on any atom is -0.379 e. The number of hydrogen-bond acceptors (Lipinski definition) is 7. The molecule has 1 aliphatic heterocycles. The van der Waals surface area contributed by atoms with Crippen LogP contribution in [0.4, 0.5) is 0 Å². The van der Waals surface area contributed by atoms with E-state index >= 15 is 0 Å². The molecule has 0 unspecified atom stereocenters. The molecule has 1 saturated heterocycles. The topological polar surface area (TPSA) is 90.4 Å². The van der Waals surface area contributed by atoms with Gasteiger partial charge in [-0.2, -0.15) is 9.50 Å². The molecule has 1 fully saturated rings. The van der Waals surface area contributed by atoms with Crippen molar-refractivity contribution in [2.75, 3.05) is 32.8 Å². The van der Waals surface area contributed by atoms with Gasteiger partial charge in [0.05, 0.1) is 24.1 Å². The van der Waals surface area contributed by atoms with Crippen molar-refractivity contribution in [3.05, 3.63) is 53.3 Å². The molecule has 9 heteroatoms. The maximum atomic E-state index is 12.9. The third kappa shape index (κ3) is 3.04. The Hall–Kier alpha value is -3.17. The summed E-state index contributed by atoms with van der Waals surface area (Å²) in [6.45, 7) is 4.76. The molecule has 1 aliphatic rings. The van der Waals surface area contributed by atoms with Gasteiger partial charge < -0.3 is 9.30 Å². The Morgan fingerprint density at radius 2 is 1.89 bits per heavy atom. The van der Waals surface area contributed by atoms with E-state index in [0.29, 0.717) is 29.0 Å². The molecular formula is C19H19N7O2. The van der Waals surface area contributed by atoms with Gasteiger partial charge in [0.25, 0.3) is 11.3 Å². The largest absolute Gasteiger partial charge is 0.379 e. The molecule has 142 valence electrons. The summed E-state index contributed by atoms with van der Waals surface area (Å²) < 4.78 is 8.72. The van der Waals surface area contributed by atoms with Gasteiger partial charge in [0.1, 0.15) is 0 Å². The number of nitrogens with zero attached hydrogens (tertiary/aromatic N) is 7. The van der Waals surface area contributed by atoms with Crippen molar-refractivity contribution in [3.8, 4) is 11.4 Å². The number of hydrogen-bond donors (Lipinski definition) is 0. The minimum atomic E-state index is -0.0684. The van der Waals surface area contributed by atoms with Crippen LogP contribution in [-0.4, -0.2) is 66.9 Å². The van der Waals surface area contributed by atoms with E-state index in [9.17, 15) is 4.79 Å². The van der Waals surface area contributed by atoms with Gasteiger partial charge in [-0.3, -0.25) is 14.7 Å². The maximum Gasteiger partial charge on any atom is 0.261 e. The first-order chi connectivity index (χ1) is 13.8. The van der Waals surface area contributed by atoms with Crippen LogP contribution in [0.25, 0.3) is 28.1 Å². The highest BCUT2D eigenvalue weighted by Crippen LogP contribution is 2.17. The summed E-state index contributed by atoms with van der Waals surface area (Å²) in [5.41, 5.74) is 1.49. The standard InChI is InChI=1S/C19H19N7O2/c27-18-15-13-21-19-22-17(14-1-4-20-5-2-14)23-26(19)16(15)3-6-25(18)8-7-24-9-11-28-12-10-24/h1-6,13H,7-12H2. The van der Waals surface area contributed by atoms with Crippen molar-refractivity contribution in [1.82, 2.24) is 34.0 Å². The highest BCUT2D eigenvalue weighted by molar-refractivity contribution is 5.79. The Balaban J connectivity index is 1.50. The second-order valence-corrected chi connectivity index (χ2v) is 6.71. The van der Waals surface area contributed by atoms with E-state index in [2.05, 4.69) is 25.0 Å². The normalized spacial score (nSPS) is 15.4. The Morgan fingerprint density at radius 3 is 2.71 bits per heavy atom. The molecule has 0 aromatic carbocycles. The van der Waals surface area contributed by atoms with Crippen LogP contribution in [0, 0.1) is 0 Å². The molecule has 28 heavy (non-hydrogen) atoms. The molecular weight excluding hydrogens is 358 g/mol. The summed E-state index contributed by atoms with van der Waals surface area (Å²) in [6, 6.07) is 5.58. The summed E-state index contributed by atoms with van der Waals surface area (Å²) in [5, 5.41) is 5.08. The van der Waals surface area contributed by atoms with Crippen molar-refractivity contribution < 1.29 is 4.74 Å². The van der Waals surface area contributed by atoms with E-state index in [1.54, 1.807) is 27.7 Å². The fourth-order valence-corrected chi connectivity index (χ4v) is 3.43. The minimum absolute atomic E-state index is 0.0684. The number of pyridine rings is 2. The first-order valence-electron chi connectivity index (χ1n) is 9.25. The van der Waals surface area contributed by atoms with Crippen molar-refractivity contribution >= 4 is 16.7 Å². The first kappa shape index (κ1) is 17.0. The van der Waals surface area contributed by atoms with E-state index < -0.39 is 0 Å². The van der Waals surface area contributed by atoms with Crippen molar-refractivity contribution in [3.63, 3.8) is 0 Å². The first-order valence-corrected chi connectivity index (χ1v) is 9.25. The van der Waals surface area contributed by atoms with Crippen LogP contribution < -0.4 is 5.56 Å². The number of ether oxygens (including phenoxy) is 1. The molecule has 5 rings (SSSR count). The van der Waals surface area contributed by atoms with Gasteiger partial charge in [-0.1, -0.05) is 0 Å². The maximum absolute atomic E-state index is 12.9. The van der Waals surface area contributed by atoms with Crippen LogP contribution in [0.5, 0.6) is 0 Å². The van der Waals surface area contributed by atoms with Crippen LogP contribution in [0.15, 0.2) is 47.8 Å². The Morgan fingerprint density at radius 1 is 1.07 bits per heavy atom. The lowest BCUT2D eigenvalue weighted by Crippen LogP contribution is -2.39. The molecule has 9 nitrogen and oxygen atoms in total. The SMILES string of the molecule is O=c1c2cnc3nc(-c4ccncc4)nn3c2ccn1CCN1CCOCC1. The van der Waals surface area contributed by atoms with E-state index in [1.807, 2.05) is 24.4 Å².